The van der Waals surface area contributed by atoms with Crippen molar-refractivity contribution in [1.82, 2.24) is 5.32 Å². The number of nitrogens with one attached hydrogen (secondary N) is 1. The standard InChI is InChI=1S/C16H29NS/c1-17-16(13-14-9-11-18-12-10-14)15-7-5-3-2-4-6-8-15/h7,14,16-17H,2-6,8-13H2,1H3. The third-order valence-corrected chi connectivity index (χ3v) is 5.58. The van der Waals surface area contributed by atoms with Gasteiger partial charge >= 0.3 is 0 Å². The zero-order valence-electron chi connectivity index (χ0n) is 11.9. The van der Waals surface area contributed by atoms with Gasteiger partial charge in [-0.15, -0.1) is 0 Å². The third-order valence-electron chi connectivity index (χ3n) is 4.53. The van der Waals surface area contributed by atoms with Gasteiger partial charge in [-0.1, -0.05) is 24.5 Å². The molecule has 1 aliphatic heterocycles. The molecule has 0 aromatic rings. The number of hydrogen-bond donors (Lipinski definition) is 1. The summed E-state index contributed by atoms with van der Waals surface area (Å²) in [7, 11) is 2.15. The summed E-state index contributed by atoms with van der Waals surface area (Å²) >= 11 is 2.14. The Morgan fingerprint density at radius 1 is 1.22 bits per heavy atom. The fourth-order valence-electron chi connectivity index (χ4n) is 3.30. The van der Waals surface area contributed by atoms with Crippen molar-refractivity contribution in [2.45, 2.75) is 63.8 Å². The molecule has 1 atom stereocenters. The van der Waals surface area contributed by atoms with Crippen LogP contribution in [0.25, 0.3) is 0 Å². The monoisotopic (exact) mass is 267 g/mol. The second kappa shape index (κ2) is 8.27. The Morgan fingerprint density at radius 2 is 2.00 bits per heavy atom. The molecule has 1 heterocycles. The second-order valence-electron chi connectivity index (χ2n) is 5.86. The molecule has 1 N–H and O–H groups in total. The van der Waals surface area contributed by atoms with Gasteiger partial charge in [0.1, 0.15) is 0 Å². The predicted octanol–water partition coefficient (Wildman–Crippen LogP) is 4.39. The fraction of sp³-hybridized carbons (Fsp3) is 0.875. The van der Waals surface area contributed by atoms with Crippen molar-refractivity contribution in [1.29, 1.82) is 0 Å². The van der Waals surface area contributed by atoms with Crippen LogP contribution >= 0.6 is 11.8 Å². The lowest BCUT2D eigenvalue weighted by Crippen LogP contribution is -2.31. The first-order chi connectivity index (χ1) is 8.90. The summed E-state index contributed by atoms with van der Waals surface area (Å²) in [5, 5.41) is 3.59. The summed E-state index contributed by atoms with van der Waals surface area (Å²) < 4.78 is 0. The van der Waals surface area contributed by atoms with E-state index in [9.17, 15) is 0 Å². The van der Waals surface area contributed by atoms with Gasteiger partial charge < -0.3 is 5.32 Å². The molecular weight excluding hydrogens is 238 g/mol. The predicted molar refractivity (Wildman–Crippen MR) is 83.3 cm³/mol. The Morgan fingerprint density at radius 3 is 2.78 bits per heavy atom. The van der Waals surface area contributed by atoms with Gasteiger partial charge in [0.2, 0.25) is 0 Å². The fourth-order valence-corrected chi connectivity index (χ4v) is 4.51. The molecule has 0 aromatic carbocycles. The van der Waals surface area contributed by atoms with Crippen molar-refractivity contribution in [3.05, 3.63) is 11.6 Å². The molecule has 18 heavy (non-hydrogen) atoms. The average molecular weight is 267 g/mol. The van der Waals surface area contributed by atoms with Gasteiger partial charge in [0.05, 0.1) is 0 Å². The maximum atomic E-state index is 3.59. The summed E-state index contributed by atoms with van der Waals surface area (Å²) in [6, 6.07) is 0.663. The van der Waals surface area contributed by atoms with Gasteiger partial charge in [-0.05, 0) is 69.4 Å². The van der Waals surface area contributed by atoms with Crippen LogP contribution in [-0.2, 0) is 0 Å². The molecule has 0 saturated carbocycles. The third kappa shape index (κ3) is 4.62. The van der Waals surface area contributed by atoms with Crippen molar-refractivity contribution in [3.8, 4) is 0 Å². The van der Waals surface area contributed by atoms with Gasteiger partial charge in [-0.2, -0.15) is 11.8 Å². The van der Waals surface area contributed by atoms with Crippen LogP contribution in [0.15, 0.2) is 11.6 Å². The van der Waals surface area contributed by atoms with Crippen molar-refractivity contribution >= 4 is 11.8 Å². The zero-order valence-corrected chi connectivity index (χ0v) is 12.7. The maximum absolute atomic E-state index is 3.59. The first kappa shape index (κ1) is 14.5. The molecule has 1 unspecified atom stereocenters. The van der Waals surface area contributed by atoms with E-state index in [1.807, 2.05) is 0 Å². The lowest BCUT2D eigenvalue weighted by atomic mass is 9.87. The van der Waals surface area contributed by atoms with Gasteiger partial charge in [0.15, 0.2) is 0 Å². The Labute approximate surface area is 117 Å². The van der Waals surface area contributed by atoms with Crippen LogP contribution in [0.3, 0.4) is 0 Å². The van der Waals surface area contributed by atoms with Crippen molar-refractivity contribution in [2.75, 3.05) is 18.6 Å². The van der Waals surface area contributed by atoms with E-state index in [2.05, 4.69) is 30.2 Å². The molecule has 1 nitrogen and oxygen atoms in total. The van der Waals surface area contributed by atoms with Gasteiger partial charge in [0.25, 0.3) is 0 Å². The SMILES string of the molecule is CNC(CC1CCSCC1)C1=CCCCCCC1. The van der Waals surface area contributed by atoms with E-state index in [0.29, 0.717) is 6.04 Å². The summed E-state index contributed by atoms with van der Waals surface area (Å²) in [6.07, 6.45) is 15.2. The summed E-state index contributed by atoms with van der Waals surface area (Å²) in [5.74, 6) is 3.75. The molecule has 0 bridgehead atoms. The lowest BCUT2D eigenvalue weighted by molar-refractivity contribution is 0.394. The topological polar surface area (TPSA) is 12.0 Å². The Hall–Kier alpha value is 0.0500. The quantitative estimate of drug-likeness (QED) is 0.758. The molecule has 2 heteroatoms. The molecule has 0 radical (unpaired) electrons. The van der Waals surface area contributed by atoms with Crippen LogP contribution in [0.2, 0.25) is 0 Å². The largest absolute Gasteiger partial charge is 0.313 e. The minimum absolute atomic E-state index is 0.663. The van der Waals surface area contributed by atoms with E-state index in [1.54, 1.807) is 5.57 Å². The second-order valence-corrected chi connectivity index (χ2v) is 7.09. The average Bonchev–Trinajstić information content (AvgIpc) is 2.37. The molecule has 0 aromatic heterocycles. The minimum Gasteiger partial charge on any atom is -0.313 e. The lowest BCUT2D eigenvalue weighted by Gasteiger charge is -2.28. The van der Waals surface area contributed by atoms with Crippen molar-refractivity contribution in [2.24, 2.45) is 5.92 Å². The molecule has 0 amide bonds. The van der Waals surface area contributed by atoms with Crippen LogP contribution in [-0.4, -0.2) is 24.6 Å². The van der Waals surface area contributed by atoms with E-state index in [1.165, 1.54) is 69.3 Å². The molecule has 2 rings (SSSR count). The smallest absolute Gasteiger partial charge is 0.0279 e. The highest BCUT2D eigenvalue weighted by molar-refractivity contribution is 7.99. The number of allylic oxidation sites excluding steroid dienone is 1. The molecule has 0 spiro atoms. The first-order valence-corrected chi connectivity index (χ1v) is 8.99. The maximum Gasteiger partial charge on any atom is 0.0279 e. The van der Waals surface area contributed by atoms with Gasteiger partial charge in [0, 0.05) is 6.04 Å². The van der Waals surface area contributed by atoms with E-state index in [4.69, 9.17) is 0 Å². The van der Waals surface area contributed by atoms with E-state index in [0.717, 1.165) is 5.92 Å². The number of hydrogen-bond acceptors (Lipinski definition) is 2. The molecule has 104 valence electrons. The molecule has 1 aliphatic carbocycles. The van der Waals surface area contributed by atoms with E-state index >= 15 is 0 Å². The Balaban J connectivity index is 1.88. The van der Waals surface area contributed by atoms with Crippen LogP contribution in [0.1, 0.15) is 57.8 Å². The summed E-state index contributed by atoms with van der Waals surface area (Å²) in [5.41, 5.74) is 1.72. The van der Waals surface area contributed by atoms with E-state index < -0.39 is 0 Å². The van der Waals surface area contributed by atoms with Crippen molar-refractivity contribution < 1.29 is 0 Å². The summed E-state index contributed by atoms with van der Waals surface area (Å²) in [4.78, 5) is 0. The molecular formula is C16H29NS. The Kier molecular flexibility index (Phi) is 6.64. The normalized spacial score (nSPS) is 25.1. The van der Waals surface area contributed by atoms with Crippen LogP contribution in [0.4, 0.5) is 0 Å². The number of rotatable bonds is 4. The molecule has 2 aliphatic rings. The van der Waals surface area contributed by atoms with Crippen LogP contribution in [0, 0.1) is 5.92 Å². The minimum atomic E-state index is 0.663. The highest BCUT2D eigenvalue weighted by atomic mass is 32.2. The van der Waals surface area contributed by atoms with Gasteiger partial charge in [-0.25, -0.2) is 0 Å². The van der Waals surface area contributed by atoms with Crippen LogP contribution < -0.4 is 5.32 Å². The molecule has 1 saturated heterocycles. The molecule has 1 fully saturated rings. The van der Waals surface area contributed by atoms with Crippen LogP contribution in [0.5, 0.6) is 0 Å². The highest BCUT2D eigenvalue weighted by Crippen LogP contribution is 2.29. The highest BCUT2D eigenvalue weighted by Gasteiger charge is 2.20. The van der Waals surface area contributed by atoms with E-state index in [-0.39, 0.29) is 0 Å². The summed E-state index contributed by atoms with van der Waals surface area (Å²) in [6.45, 7) is 0. The Bertz CT molecular complexity index is 256. The van der Waals surface area contributed by atoms with Gasteiger partial charge in [-0.3, -0.25) is 0 Å². The van der Waals surface area contributed by atoms with Crippen molar-refractivity contribution in [3.63, 3.8) is 0 Å². The number of thioether (sulfide) groups is 1. The number of likely N-dealkylation sites (N-methyl/N-ethyl adjacent to an activating group) is 1. The first-order valence-electron chi connectivity index (χ1n) is 7.84. The zero-order chi connectivity index (χ0) is 12.6.